The summed E-state index contributed by atoms with van der Waals surface area (Å²) in [4.78, 5) is 12.0. The molecule has 0 atom stereocenters. The van der Waals surface area contributed by atoms with Crippen molar-refractivity contribution in [2.45, 2.75) is 13.5 Å². The minimum atomic E-state index is -0.425. The second-order valence-corrected chi connectivity index (χ2v) is 5.95. The van der Waals surface area contributed by atoms with Crippen molar-refractivity contribution in [3.63, 3.8) is 0 Å². The molecule has 6 heteroatoms. The largest absolute Gasteiger partial charge is 0.489 e. The molecule has 1 heterocycles. The minimum Gasteiger partial charge on any atom is -0.489 e. The van der Waals surface area contributed by atoms with E-state index in [1.165, 1.54) is 7.11 Å². The highest BCUT2D eigenvalue weighted by molar-refractivity contribution is 6.30. The molecule has 0 unspecified atom stereocenters. The van der Waals surface area contributed by atoms with Gasteiger partial charge in [0.2, 0.25) is 0 Å². The van der Waals surface area contributed by atoms with Crippen LogP contribution in [0.25, 0.3) is 11.3 Å². The summed E-state index contributed by atoms with van der Waals surface area (Å²) >= 11 is 5.98. The summed E-state index contributed by atoms with van der Waals surface area (Å²) in [5, 5.41) is 7.73. The van der Waals surface area contributed by atoms with Crippen molar-refractivity contribution in [3.8, 4) is 17.0 Å². The van der Waals surface area contributed by atoms with Crippen molar-refractivity contribution in [1.82, 2.24) is 10.2 Å². The van der Waals surface area contributed by atoms with Gasteiger partial charge in [-0.1, -0.05) is 35.9 Å². The lowest BCUT2D eigenvalue weighted by molar-refractivity contribution is 0.0601. The highest BCUT2D eigenvalue weighted by Crippen LogP contribution is 2.27. The molecule has 3 rings (SSSR count). The summed E-state index contributed by atoms with van der Waals surface area (Å²) in [7, 11) is 1.35. The first-order chi connectivity index (χ1) is 12.1. The van der Waals surface area contributed by atoms with Gasteiger partial charge >= 0.3 is 5.97 Å². The molecule has 1 aromatic heterocycles. The molecule has 0 aliphatic heterocycles. The SMILES string of the molecule is COC(=O)c1c(-c2cccc(OCc3cccc(Cl)c3)c2)n[nH]c1C. The standard InChI is InChI=1S/C19H17ClN2O3/c1-12-17(19(23)24-2)18(22-21-12)14-6-4-8-16(10-14)25-11-13-5-3-7-15(20)9-13/h3-10H,11H2,1-2H3,(H,21,22). The maximum atomic E-state index is 12.0. The molecule has 0 radical (unpaired) electrons. The average molecular weight is 357 g/mol. The molecule has 0 fully saturated rings. The van der Waals surface area contributed by atoms with Crippen molar-refractivity contribution in [1.29, 1.82) is 0 Å². The van der Waals surface area contributed by atoms with Crippen LogP contribution in [-0.4, -0.2) is 23.3 Å². The van der Waals surface area contributed by atoms with E-state index in [0.717, 1.165) is 11.1 Å². The van der Waals surface area contributed by atoms with E-state index in [1.54, 1.807) is 6.92 Å². The number of hydrogen-bond acceptors (Lipinski definition) is 4. The Balaban J connectivity index is 1.84. The Kier molecular flexibility index (Phi) is 5.05. The van der Waals surface area contributed by atoms with E-state index in [1.807, 2.05) is 48.5 Å². The third-order valence-corrected chi connectivity index (χ3v) is 3.97. The van der Waals surface area contributed by atoms with Crippen molar-refractivity contribution in [3.05, 3.63) is 70.4 Å². The maximum Gasteiger partial charge on any atom is 0.341 e. The smallest absolute Gasteiger partial charge is 0.341 e. The van der Waals surface area contributed by atoms with Crippen LogP contribution in [0.4, 0.5) is 0 Å². The van der Waals surface area contributed by atoms with Crippen LogP contribution in [0.2, 0.25) is 5.02 Å². The summed E-state index contributed by atoms with van der Waals surface area (Å²) in [5.41, 5.74) is 3.37. The molecule has 0 spiro atoms. The first kappa shape index (κ1) is 17.0. The Morgan fingerprint density at radius 2 is 2.00 bits per heavy atom. The number of hydrogen-bond donors (Lipinski definition) is 1. The normalized spacial score (nSPS) is 10.5. The van der Waals surface area contributed by atoms with Crippen molar-refractivity contribution in [2.24, 2.45) is 0 Å². The van der Waals surface area contributed by atoms with Crippen LogP contribution in [0.1, 0.15) is 21.6 Å². The number of methoxy groups -OCH3 is 1. The number of nitrogens with one attached hydrogen (secondary N) is 1. The van der Waals surface area contributed by atoms with E-state index < -0.39 is 5.97 Å². The molecular formula is C19H17ClN2O3. The predicted molar refractivity (Wildman–Crippen MR) is 95.9 cm³/mol. The highest BCUT2D eigenvalue weighted by atomic mass is 35.5. The second kappa shape index (κ2) is 7.40. The van der Waals surface area contributed by atoms with E-state index in [2.05, 4.69) is 10.2 Å². The van der Waals surface area contributed by atoms with E-state index in [0.29, 0.717) is 34.3 Å². The number of H-pyrrole nitrogens is 1. The van der Waals surface area contributed by atoms with Crippen LogP contribution in [-0.2, 0) is 11.3 Å². The summed E-state index contributed by atoms with van der Waals surface area (Å²) in [6.07, 6.45) is 0. The molecule has 0 aliphatic rings. The predicted octanol–water partition coefficient (Wildman–Crippen LogP) is 4.40. The van der Waals surface area contributed by atoms with Crippen LogP contribution in [0, 0.1) is 6.92 Å². The number of rotatable bonds is 5. The van der Waals surface area contributed by atoms with Crippen LogP contribution in [0.3, 0.4) is 0 Å². The fourth-order valence-corrected chi connectivity index (χ4v) is 2.73. The first-order valence-electron chi connectivity index (χ1n) is 7.69. The molecule has 0 saturated carbocycles. The highest BCUT2D eigenvalue weighted by Gasteiger charge is 2.20. The Hall–Kier alpha value is -2.79. The van der Waals surface area contributed by atoms with E-state index in [-0.39, 0.29) is 0 Å². The number of benzene rings is 2. The third-order valence-electron chi connectivity index (χ3n) is 3.74. The number of aromatic nitrogens is 2. The van der Waals surface area contributed by atoms with Gasteiger partial charge in [-0.3, -0.25) is 5.10 Å². The van der Waals surface area contributed by atoms with Gasteiger partial charge in [0.25, 0.3) is 0 Å². The molecule has 0 bridgehead atoms. The van der Waals surface area contributed by atoms with Crippen molar-refractivity contribution < 1.29 is 14.3 Å². The zero-order valence-corrected chi connectivity index (χ0v) is 14.6. The molecule has 1 N–H and O–H groups in total. The lowest BCUT2D eigenvalue weighted by atomic mass is 10.1. The van der Waals surface area contributed by atoms with Gasteiger partial charge < -0.3 is 9.47 Å². The second-order valence-electron chi connectivity index (χ2n) is 5.51. The third kappa shape index (κ3) is 3.83. The number of aromatic amines is 1. The van der Waals surface area contributed by atoms with Gasteiger partial charge in [0, 0.05) is 16.3 Å². The quantitative estimate of drug-likeness (QED) is 0.688. The topological polar surface area (TPSA) is 64.2 Å². The minimum absolute atomic E-state index is 0.396. The molecule has 0 saturated heterocycles. The average Bonchev–Trinajstić information content (AvgIpc) is 3.01. The van der Waals surface area contributed by atoms with Crippen LogP contribution in [0.15, 0.2) is 48.5 Å². The van der Waals surface area contributed by atoms with E-state index in [4.69, 9.17) is 21.1 Å². The molecule has 5 nitrogen and oxygen atoms in total. The Bertz CT molecular complexity index is 905. The van der Waals surface area contributed by atoms with Gasteiger partial charge in [-0.25, -0.2) is 4.79 Å². The number of esters is 1. The number of carbonyl (C=O) groups is 1. The monoisotopic (exact) mass is 356 g/mol. The number of nitrogens with zero attached hydrogens (tertiary/aromatic N) is 1. The van der Waals surface area contributed by atoms with Gasteiger partial charge in [-0.05, 0) is 36.8 Å². The maximum absolute atomic E-state index is 12.0. The lowest BCUT2D eigenvalue weighted by Crippen LogP contribution is -2.03. The molecule has 3 aromatic rings. The fraction of sp³-hybridized carbons (Fsp3) is 0.158. The molecule has 2 aromatic carbocycles. The van der Waals surface area contributed by atoms with E-state index >= 15 is 0 Å². The summed E-state index contributed by atoms with van der Waals surface area (Å²) in [6, 6.07) is 14.9. The molecule has 128 valence electrons. The lowest BCUT2D eigenvalue weighted by Gasteiger charge is -2.08. The van der Waals surface area contributed by atoms with Gasteiger partial charge in [0.15, 0.2) is 0 Å². The van der Waals surface area contributed by atoms with Gasteiger partial charge in [-0.15, -0.1) is 0 Å². The molecule has 0 amide bonds. The van der Waals surface area contributed by atoms with Crippen LogP contribution < -0.4 is 4.74 Å². The van der Waals surface area contributed by atoms with Gasteiger partial charge in [0.05, 0.1) is 7.11 Å². The Morgan fingerprint density at radius 3 is 2.76 bits per heavy atom. The summed E-state index contributed by atoms with van der Waals surface area (Å²) in [6.45, 7) is 2.18. The van der Waals surface area contributed by atoms with Crippen LogP contribution >= 0.6 is 11.6 Å². The van der Waals surface area contributed by atoms with Gasteiger partial charge in [-0.2, -0.15) is 5.10 Å². The zero-order chi connectivity index (χ0) is 17.8. The Morgan fingerprint density at radius 1 is 1.20 bits per heavy atom. The van der Waals surface area contributed by atoms with E-state index in [9.17, 15) is 4.79 Å². The van der Waals surface area contributed by atoms with Crippen molar-refractivity contribution >= 4 is 17.6 Å². The number of ether oxygens (including phenoxy) is 2. The summed E-state index contributed by atoms with van der Waals surface area (Å²) in [5.74, 6) is 0.250. The summed E-state index contributed by atoms with van der Waals surface area (Å²) < 4.78 is 10.7. The number of halogens is 1. The molecule has 0 aliphatic carbocycles. The van der Waals surface area contributed by atoms with Crippen molar-refractivity contribution in [2.75, 3.05) is 7.11 Å². The Labute approximate surface area is 150 Å². The number of carbonyl (C=O) groups excluding carboxylic acids is 1. The zero-order valence-electron chi connectivity index (χ0n) is 13.9. The number of aryl methyl sites for hydroxylation is 1. The van der Waals surface area contributed by atoms with Gasteiger partial charge in [0.1, 0.15) is 23.6 Å². The fourth-order valence-electron chi connectivity index (χ4n) is 2.52. The first-order valence-corrected chi connectivity index (χ1v) is 8.07. The molecule has 25 heavy (non-hydrogen) atoms. The molecular weight excluding hydrogens is 340 g/mol. The van der Waals surface area contributed by atoms with Crippen LogP contribution in [0.5, 0.6) is 5.75 Å².